The number of aromatic amines is 1. The highest BCUT2D eigenvalue weighted by molar-refractivity contribution is 9.10. The second-order valence-corrected chi connectivity index (χ2v) is 8.04. The van der Waals surface area contributed by atoms with E-state index in [1.165, 1.54) is 11.3 Å². The van der Waals surface area contributed by atoms with Crippen molar-refractivity contribution in [2.75, 3.05) is 18.0 Å². The van der Waals surface area contributed by atoms with Crippen LogP contribution in [0.15, 0.2) is 22.8 Å². The zero-order chi connectivity index (χ0) is 18.0. The van der Waals surface area contributed by atoms with E-state index in [0.29, 0.717) is 10.6 Å². The number of H-pyrrole nitrogens is 1. The van der Waals surface area contributed by atoms with E-state index in [2.05, 4.69) is 55.5 Å². The van der Waals surface area contributed by atoms with Crippen molar-refractivity contribution in [1.29, 1.82) is 0 Å². The van der Waals surface area contributed by atoms with Crippen LogP contribution in [0.5, 0.6) is 0 Å². The average molecular weight is 442 g/mol. The summed E-state index contributed by atoms with van der Waals surface area (Å²) in [6.07, 6.45) is 1.64. The molecule has 0 atom stereocenters. The van der Waals surface area contributed by atoms with Gasteiger partial charge in [-0.25, -0.2) is 4.98 Å². The molecule has 2 amide bonds. The number of amides is 2. The molecule has 0 aliphatic carbocycles. The highest BCUT2D eigenvalue weighted by Crippen LogP contribution is 2.34. The lowest BCUT2D eigenvalue weighted by molar-refractivity contribution is 0.0846. The molecule has 132 valence electrons. The number of rotatable bonds is 5. The minimum absolute atomic E-state index is 0.352. The van der Waals surface area contributed by atoms with Gasteiger partial charge in [0.15, 0.2) is 5.13 Å². The van der Waals surface area contributed by atoms with Crippen molar-refractivity contribution in [1.82, 2.24) is 20.8 Å². The molecule has 3 heterocycles. The fraction of sp³-hybridized carbons (Fsp3) is 0.267. The van der Waals surface area contributed by atoms with Gasteiger partial charge in [-0.3, -0.25) is 20.4 Å². The number of nitrogens with one attached hydrogen (secondary N) is 3. The molecule has 3 aromatic heterocycles. The number of hydrazine groups is 1. The number of nitrogens with zero attached hydrogens (tertiary/aromatic N) is 2. The lowest BCUT2D eigenvalue weighted by Crippen LogP contribution is -2.41. The summed E-state index contributed by atoms with van der Waals surface area (Å²) in [4.78, 5) is 35.0. The molecule has 0 aromatic carbocycles. The molecule has 0 bridgehead atoms. The summed E-state index contributed by atoms with van der Waals surface area (Å²) in [7, 11) is 0. The highest BCUT2D eigenvalue weighted by atomic mass is 79.9. The SMILES string of the molecule is CCN(CC)c1nc2sc(C(=O)NNC(=O)c3cc(Br)c[nH]3)cc2s1. The van der Waals surface area contributed by atoms with Gasteiger partial charge < -0.3 is 9.88 Å². The lowest BCUT2D eigenvalue weighted by atomic mass is 10.4. The molecule has 0 radical (unpaired) electrons. The van der Waals surface area contributed by atoms with Crippen molar-refractivity contribution in [3.8, 4) is 0 Å². The normalized spacial score (nSPS) is 10.8. The van der Waals surface area contributed by atoms with Gasteiger partial charge in [0.2, 0.25) is 0 Å². The third-order valence-electron chi connectivity index (χ3n) is 3.52. The molecule has 0 spiro atoms. The summed E-state index contributed by atoms with van der Waals surface area (Å²) in [6, 6.07) is 3.43. The van der Waals surface area contributed by atoms with Gasteiger partial charge in [-0.1, -0.05) is 11.3 Å². The lowest BCUT2D eigenvalue weighted by Gasteiger charge is -2.16. The number of carbonyl (C=O) groups excluding carboxylic acids is 2. The number of hydrogen-bond donors (Lipinski definition) is 3. The Morgan fingerprint density at radius 2 is 1.92 bits per heavy atom. The van der Waals surface area contributed by atoms with Crippen LogP contribution in [-0.4, -0.2) is 34.9 Å². The van der Waals surface area contributed by atoms with E-state index in [4.69, 9.17) is 0 Å². The van der Waals surface area contributed by atoms with Gasteiger partial charge in [-0.2, -0.15) is 0 Å². The predicted octanol–water partition coefficient (Wildman–Crippen LogP) is 3.37. The van der Waals surface area contributed by atoms with Gasteiger partial charge >= 0.3 is 0 Å². The summed E-state index contributed by atoms with van der Waals surface area (Å²) in [5.74, 6) is -0.780. The monoisotopic (exact) mass is 441 g/mol. The number of aromatic nitrogens is 2. The number of thiazole rings is 1. The molecule has 10 heteroatoms. The Morgan fingerprint density at radius 3 is 2.52 bits per heavy atom. The zero-order valence-electron chi connectivity index (χ0n) is 13.6. The predicted molar refractivity (Wildman–Crippen MR) is 104 cm³/mol. The van der Waals surface area contributed by atoms with Gasteiger partial charge in [-0.15, -0.1) is 11.3 Å². The van der Waals surface area contributed by atoms with Crippen LogP contribution in [0.3, 0.4) is 0 Å². The molecule has 0 unspecified atom stereocenters. The topological polar surface area (TPSA) is 90.1 Å². The maximum absolute atomic E-state index is 12.2. The van der Waals surface area contributed by atoms with E-state index in [9.17, 15) is 9.59 Å². The van der Waals surface area contributed by atoms with Crippen LogP contribution in [0.4, 0.5) is 5.13 Å². The molecular weight excluding hydrogens is 426 g/mol. The maximum atomic E-state index is 12.2. The van der Waals surface area contributed by atoms with Crippen molar-refractivity contribution >= 4 is 65.1 Å². The summed E-state index contributed by atoms with van der Waals surface area (Å²) in [5, 5.41) is 0.962. The Hall–Kier alpha value is -1.91. The van der Waals surface area contributed by atoms with Gasteiger partial charge in [0.05, 0.1) is 9.58 Å². The number of anilines is 1. The molecule has 3 N–H and O–H groups in total. The van der Waals surface area contributed by atoms with Gasteiger partial charge in [-0.05, 0) is 41.9 Å². The Balaban J connectivity index is 1.66. The van der Waals surface area contributed by atoms with Crippen molar-refractivity contribution in [3.05, 3.63) is 33.4 Å². The van der Waals surface area contributed by atoms with Crippen LogP contribution in [-0.2, 0) is 0 Å². The second kappa shape index (κ2) is 7.54. The molecule has 3 rings (SSSR count). The van der Waals surface area contributed by atoms with Crippen molar-refractivity contribution < 1.29 is 9.59 Å². The first-order chi connectivity index (χ1) is 12.0. The molecule has 0 saturated heterocycles. The average Bonchev–Trinajstić information content (AvgIpc) is 3.28. The summed E-state index contributed by atoms with van der Waals surface area (Å²) >= 11 is 6.13. The van der Waals surface area contributed by atoms with E-state index in [1.807, 2.05) is 0 Å². The molecule has 7 nitrogen and oxygen atoms in total. The summed E-state index contributed by atoms with van der Waals surface area (Å²) in [6.45, 7) is 5.96. The Morgan fingerprint density at radius 1 is 1.20 bits per heavy atom. The Bertz CT molecular complexity index is 881. The molecule has 0 fully saturated rings. The quantitative estimate of drug-likeness (QED) is 0.529. The van der Waals surface area contributed by atoms with Gasteiger partial charge in [0.1, 0.15) is 10.5 Å². The molecule has 25 heavy (non-hydrogen) atoms. The van der Waals surface area contributed by atoms with E-state index in [1.54, 1.807) is 29.7 Å². The first-order valence-electron chi connectivity index (χ1n) is 7.61. The van der Waals surface area contributed by atoms with E-state index in [-0.39, 0.29) is 5.91 Å². The first kappa shape index (κ1) is 17.9. The minimum atomic E-state index is -0.417. The zero-order valence-corrected chi connectivity index (χ0v) is 16.8. The van der Waals surface area contributed by atoms with Crippen molar-refractivity contribution in [2.45, 2.75) is 13.8 Å². The van der Waals surface area contributed by atoms with Crippen LogP contribution in [0.2, 0.25) is 0 Å². The first-order valence-corrected chi connectivity index (χ1v) is 10.0. The van der Waals surface area contributed by atoms with Crippen LogP contribution in [0.25, 0.3) is 9.53 Å². The molecule has 0 aliphatic heterocycles. The molecular formula is C15H16BrN5O2S2. The third-order valence-corrected chi connectivity index (χ3v) is 6.20. The van der Waals surface area contributed by atoms with Crippen LogP contribution in [0.1, 0.15) is 34.0 Å². The fourth-order valence-corrected chi connectivity index (χ4v) is 4.78. The molecule has 3 aromatic rings. The Labute approximate surface area is 160 Å². The summed E-state index contributed by atoms with van der Waals surface area (Å²) in [5.41, 5.74) is 5.16. The van der Waals surface area contributed by atoms with E-state index >= 15 is 0 Å². The fourth-order valence-electron chi connectivity index (χ4n) is 2.21. The van der Waals surface area contributed by atoms with Crippen LogP contribution in [0, 0.1) is 0 Å². The number of thiophene rings is 1. The number of fused-ring (bicyclic) bond motifs is 1. The second-order valence-electron chi connectivity index (χ2n) is 5.09. The maximum Gasteiger partial charge on any atom is 0.286 e. The van der Waals surface area contributed by atoms with Crippen molar-refractivity contribution in [3.63, 3.8) is 0 Å². The third kappa shape index (κ3) is 3.86. The number of carbonyl (C=O) groups is 2. The minimum Gasteiger partial charge on any atom is -0.356 e. The number of hydrogen-bond acceptors (Lipinski definition) is 6. The Kier molecular flexibility index (Phi) is 5.40. The van der Waals surface area contributed by atoms with E-state index in [0.717, 1.165) is 32.2 Å². The van der Waals surface area contributed by atoms with Gasteiger partial charge in [0, 0.05) is 23.8 Å². The van der Waals surface area contributed by atoms with Crippen molar-refractivity contribution in [2.24, 2.45) is 0 Å². The smallest absolute Gasteiger partial charge is 0.286 e. The van der Waals surface area contributed by atoms with Crippen LogP contribution < -0.4 is 15.8 Å². The highest BCUT2D eigenvalue weighted by Gasteiger charge is 2.17. The molecule has 0 saturated carbocycles. The van der Waals surface area contributed by atoms with E-state index < -0.39 is 5.91 Å². The van der Waals surface area contributed by atoms with Gasteiger partial charge in [0.25, 0.3) is 11.8 Å². The van der Waals surface area contributed by atoms with Crippen LogP contribution >= 0.6 is 38.6 Å². The standard InChI is InChI=1S/C15H16BrN5O2S2/c1-3-21(4-2)15-18-14-11(25-15)6-10(24-14)13(23)20-19-12(22)9-5-8(16)7-17-9/h5-7,17H,3-4H2,1-2H3,(H,19,22)(H,20,23). The molecule has 0 aliphatic rings. The number of halogens is 1. The summed E-state index contributed by atoms with van der Waals surface area (Å²) < 4.78 is 1.73. The largest absolute Gasteiger partial charge is 0.356 e.